The Morgan fingerprint density at radius 3 is 2.57 bits per heavy atom. The summed E-state index contributed by atoms with van der Waals surface area (Å²) >= 11 is 11.8. The molecule has 0 fully saturated rings. The molecule has 0 N–H and O–H groups in total. The quantitative estimate of drug-likeness (QED) is 0.745. The highest BCUT2D eigenvalue weighted by molar-refractivity contribution is 6.32. The van der Waals surface area contributed by atoms with E-state index in [0.29, 0.717) is 16.2 Å². The van der Waals surface area contributed by atoms with Crippen molar-refractivity contribution < 1.29 is 0 Å². The second-order valence-corrected chi connectivity index (χ2v) is 4.37. The normalized spacial score (nSPS) is 11.4. The number of halogens is 2. The van der Waals surface area contributed by atoms with Crippen molar-refractivity contribution in [1.29, 1.82) is 0 Å². The summed E-state index contributed by atoms with van der Waals surface area (Å²) in [5, 5.41) is 1.16. The van der Waals surface area contributed by atoms with E-state index in [1.165, 1.54) is 0 Å². The predicted molar refractivity (Wildman–Crippen MR) is 60.9 cm³/mol. The van der Waals surface area contributed by atoms with Gasteiger partial charge >= 0.3 is 0 Å². The van der Waals surface area contributed by atoms with E-state index in [0.717, 1.165) is 12.2 Å². The van der Waals surface area contributed by atoms with Crippen LogP contribution in [-0.4, -0.2) is 23.0 Å². The zero-order chi connectivity index (χ0) is 10.7. The third kappa shape index (κ3) is 3.12. The Labute approximate surface area is 94.8 Å². The van der Waals surface area contributed by atoms with Gasteiger partial charge in [0.2, 0.25) is 0 Å². The van der Waals surface area contributed by atoms with Gasteiger partial charge in [-0.25, -0.2) is 4.98 Å². The monoisotopic (exact) mass is 232 g/mol. The van der Waals surface area contributed by atoms with Crippen molar-refractivity contribution in [3.8, 4) is 0 Å². The van der Waals surface area contributed by atoms with Gasteiger partial charge in [-0.3, -0.25) is 4.90 Å². The first kappa shape index (κ1) is 11.8. The van der Waals surface area contributed by atoms with E-state index >= 15 is 0 Å². The molecule has 2 nitrogen and oxygen atoms in total. The van der Waals surface area contributed by atoms with Gasteiger partial charge in [0.1, 0.15) is 5.15 Å². The number of aromatic nitrogens is 1. The van der Waals surface area contributed by atoms with E-state index in [9.17, 15) is 0 Å². The molecule has 0 atom stereocenters. The highest BCUT2D eigenvalue weighted by atomic mass is 35.5. The molecule has 0 aliphatic carbocycles. The van der Waals surface area contributed by atoms with Gasteiger partial charge in [-0.1, -0.05) is 23.2 Å². The van der Waals surface area contributed by atoms with Gasteiger partial charge in [-0.15, -0.1) is 0 Å². The first-order valence-electron chi connectivity index (χ1n) is 4.52. The van der Waals surface area contributed by atoms with Crippen LogP contribution in [0.25, 0.3) is 0 Å². The van der Waals surface area contributed by atoms with E-state index in [4.69, 9.17) is 23.2 Å². The molecular formula is C10H14Cl2N2. The Kier molecular flexibility index (Phi) is 4.17. The minimum atomic E-state index is 0.465. The van der Waals surface area contributed by atoms with Gasteiger partial charge in [0.05, 0.1) is 10.7 Å². The molecule has 1 aromatic rings. The average molecular weight is 233 g/mol. The fourth-order valence-electron chi connectivity index (χ4n) is 0.987. The summed E-state index contributed by atoms with van der Waals surface area (Å²) in [6, 6.07) is 3.94. The molecule has 0 aliphatic rings. The minimum absolute atomic E-state index is 0.465. The Balaban J connectivity index is 2.80. The maximum Gasteiger partial charge on any atom is 0.129 e. The van der Waals surface area contributed by atoms with Crippen molar-refractivity contribution in [3.63, 3.8) is 0 Å². The van der Waals surface area contributed by atoms with Gasteiger partial charge in [-0.05, 0) is 33.0 Å². The zero-order valence-electron chi connectivity index (χ0n) is 8.59. The summed E-state index contributed by atoms with van der Waals surface area (Å²) in [6.07, 6.45) is 0. The van der Waals surface area contributed by atoms with Crippen molar-refractivity contribution >= 4 is 23.2 Å². The SMILES string of the molecule is CC(C)N(C)Cc1nc(Cl)ccc1Cl. The summed E-state index contributed by atoms with van der Waals surface area (Å²) < 4.78 is 0. The Morgan fingerprint density at radius 1 is 1.36 bits per heavy atom. The van der Waals surface area contributed by atoms with Crippen molar-refractivity contribution in [1.82, 2.24) is 9.88 Å². The van der Waals surface area contributed by atoms with Gasteiger partial charge in [0, 0.05) is 12.6 Å². The van der Waals surface area contributed by atoms with Gasteiger partial charge in [0.15, 0.2) is 0 Å². The second-order valence-electron chi connectivity index (χ2n) is 3.57. The van der Waals surface area contributed by atoms with Crippen molar-refractivity contribution in [3.05, 3.63) is 28.0 Å². The lowest BCUT2D eigenvalue weighted by Gasteiger charge is -2.20. The van der Waals surface area contributed by atoms with Crippen LogP contribution in [0.1, 0.15) is 19.5 Å². The molecular weight excluding hydrogens is 219 g/mol. The van der Waals surface area contributed by atoms with Crippen LogP contribution in [0, 0.1) is 0 Å². The lowest BCUT2D eigenvalue weighted by molar-refractivity contribution is 0.263. The lowest BCUT2D eigenvalue weighted by Crippen LogP contribution is -2.26. The summed E-state index contributed by atoms with van der Waals surface area (Å²) in [5.74, 6) is 0. The van der Waals surface area contributed by atoms with Crippen LogP contribution in [0.3, 0.4) is 0 Å². The fraction of sp³-hybridized carbons (Fsp3) is 0.500. The van der Waals surface area contributed by atoms with E-state index in [1.54, 1.807) is 12.1 Å². The second kappa shape index (κ2) is 4.96. The predicted octanol–water partition coefficient (Wildman–Crippen LogP) is 3.23. The number of hydrogen-bond acceptors (Lipinski definition) is 2. The molecule has 78 valence electrons. The van der Waals surface area contributed by atoms with E-state index in [-0.39, 0.29) is 0 Å². The smallest absolute Gasteiger partial charge is 0.129 e. The maximum absolute atomic E-state index is 6.00. The molecule has 0 aromatic carbocycles. The molecule has 14 heavy (non-hydrogen) atoms. The van der Waals surface area contributed by atoms with Gasteiger partial charge < -0.3 is 0 Å². The molecule has 0 spiro atoms. The first-order valence-corrected chi connectivity index (χ1v) is 5.27. The summed E-state index contributed by atoms with van der Waals surface area (Å²) in [6.45, 7) is 4.97. The Hall–Kier alpha value is -0.310. The average Bonchev–Trinajstić information content (AvgIpc) is 2.11. The highest BCUT2D eigenvalue weighted by Crippen LogP contribution is 2.18. The standard InChI is InChI=1S/C10H14Cl2N2/c1-7(2)14(3)6-9-8(11)4-5-10(12)13-9/h4-5,7H,6H2,1-3H3. The molecule has 1 heterocycles. The molecule has 0 bridgehead atoms. The fourth-order valence-corrected chi connectivity index (χ4v) is 1.32. The minimum Gasteiger partial charge on any atom is -0.298 e. The van der Waals surface area contributed by atoms with Crippen LogP contribution in [0.2, 0.25) is 10.2 Å². The van der Waals surface area contributed by atoms with Crippen molar-refractivity contribution in [2.24, 2.45) is 0 Å². The van der Waals surface area contributed by atoms with Crippen LogP contribution in [0.5, 0.6) is 0 Å². The molecule has 1 aromatic heterocycles. The molecule has 0 saturated carbocycles. The molecule has 1 rings (SSSR count). The highest BCUT2D eigenvalue weighted by Gasteiger charge is 2.08. The summed E-state index contributed by atoms with van der Waals surface area (Å²) in [4.78, 5) is 6.34. The summed E-state index contributed by atoms with van der Waals surface area (Å²) in [7, 11) is 2.03. The largest absolute Gasteiger partial charge is 0.298 e. The topological polar surface area (TPSA) is 16.1 Å². The maximum atomic E-state index is 6.00. The molecule has 4 heteroatoms. The molecule has 0 aliphatic heterocycles. The molecule has 0 saturated heterocycles. The number of rotatable bonds is 3. The van der Waals surface area contributed by atoms with E-state index in [2.05, 4.69) is 23.7 Å². The Morgan fingerprint density at radius 2 is 2.00 bits per heavy atom. The van der Waals surface area contributed by atoms with Crippen LogP contribution < -0.4 is 0 Å². The van der Waals surface area contributed by atoms with E-state index < -0.39 is 0 Å². The van der Waals surface area contributed by atoms with Crippen LogP contribution in [0.15, 0.2) is 12.1 Å². The van der Waals surface area contributed by atoms with Crippen molar-refractivity contribution in [2.45, 2.75) is 26.4 Å². The van der Waals surface area contributed by atoms with Crippen LogP contribution in [-0.2, 0) is 6.54 Å². The number of hydrogen-bond donors (Lipinski definition) is 0. The third-order valence-corrected chi connectivity index (χ3v) is 2.72. The zero-order valence-corrected chi connectivity index (χ0v) is 10.1. The van der Waals surface area contributed by atoms with Crippen LogP contribution in [0.4, 0.5) is 0 Å². The molecule has 0 amide bonds. The lowest BCUT2D eigenvalue weighted by atomic mass is 10.3. The van der Waals surface area contributed by atoms with Crippen molar-refractivity contribution in [2.75, 3.05) is 7.05 Å². The molecule has 0 radical (unpaired) electrons. The number of pyridine rings is 1. The first-order chi connectivity index (χ1) is 6.50. The van der Waals surface area contributed by atoms with Crippen LogP contribution >= 0.6 is 23.2 Å². The number of nitrogens with zero attached hydrogens (tertiary/aromatic N) is 2. The van der Waals surface area contributed by atoms with Gasteiger partial charge in [0.25, 0.3) is 0 Å². The van der Waals surface area contributed by atoms with Gasteiger partial charge in [-0.2, -0.15) is 0 Å². The Bertz CT molecular complexity index is 313. The third-order valence-electron chi connectivity index (χ3n) is 2.17. The molecule has 0 unspecified atom stereocenters. The summed E-state index contributed by atoms with van der Waals surface area (Å²) in [5.41, 5.74) is 0.829. The van der Waals surface area contributed by atoms with E-state index in [1.807, 2.05) is 7.05 Å².